The van der Waals surface area contributed by atoms with Gasteiger partial charge in [-0.05, 0) is 77.1 Å². The third kappa shape index (κ3) is 5.98. The number of ether oxygens (including phenoxy) is 2. The van der Waals surface area contributed by atoms with Gasteiger partial charge in [0.05, 0.1) is 6.61 Å². The summed E-state index contributed by atoms with van der Waals surface area (Å²) in [7, 11) is 0. The molecule has 188 valence electrons. The molecule has 0 unspecified atom stereocenters. The van der Waals surface area contributed by atoms with Gasteiger partial charge in [0, 0.05) is 30.4 Å². The second-order valence-electron chi connectivity index (χ2n) is 8.97. The molecule has 3 aromatic carbocycles. The first-order chi connectivity index (χ1) is 18.7. The molecule has 0 aliphatic rings. The van der Waals surface area contributed by atoms with Crippen molar-refractivity contribution in [2.24, 2.45) is 0 Å². The molecule has 0 radical (unpaired) electrons. The van der Waals surface area contributed by atoms with Crippen LogP contribution >= 0.6 is 0 Å². The highest BCUT2D eigenvalue weighted by Gasteiger charge is 2.16. The molecule has 0 spiro atoms. The largest absolute Gasteiger partial charge is 0.494 e. The van der Waals surface area contributed by atoms with Gasteiger partial charge in [0.15, 0.2) is 0 Å². The molecule has 2 heterocycles. The highest BCUT2D eigenvalue weighted by atomic mass is 16.5. The van der Waals surface area contributed by atoms with Gasteiger partial charge < -0.3 is 9.47 Å². The van der Waals surface area contributed by atoms with Crippen molar-refractivity contribution in [3.63, 3.8) is 0 Å². The van der Waals surface area contributed by atoms with Gasteiger partial charge in [0.2, 0.25) is 0 Å². The molecule has 2 aromatic heterocycles. The topological polar surface area (TPSA) is 44.2 Å². The molecule has 0 saturated carbocycles. The summed E-state index contributed by atoms with van der Waals surface area (Å²) in [6.07, 6.45) is 7.33. The van der Waals surface area contributed by atoms with Gasteiger partial charge in [-0.3, -0.25) is 9.97 Å². The van der Waals surface area contributed by atoms with Crippen LogP contribution in [0.5, 0.6) is 5.75 Å². The summed E-state index contributed by atoms with van der Waals surface area (Å²) in [5, 5.41) is 0. The second-order valence-corrected chi connectivity index (χ2v) is 8.97. The van der Waals surface area contributed by atoms with Crippen molar-refractivity contribution in [3.8, 4) is 28.0 Å². The van der Waals surface area contributed by atoms with E-state index in [1.807, 2.05) is 49.6 Å². The highest BCUT2D eigenvalue weighted by Crippen LogP contribution is 2.32. The Labute approximate surface area is 224 Å². The quantitative estimate of drug-likeness (QED) is 0.193. The second kappa shape index (κ2) is 12.0. The molecular formula is C34H30N2O2. The first kappa shape index (κ1) is 25.0. The van der Waals surface area contributed by atoms with Crippen molar-refractivity contribution >= 4 is 5.57 Å². The molecule has 0 aliphatic heterocycles. The molecular weight excluding hydrogens is 468 g/mol. The Morgan fingerprint density at radius 2 is 1.24 bits per heavy atom. The number of hydrogen-bond donors (Lipinski definition) is 0. The van der Waals surface area contributed by atoms with Crippen molar-refractivity contribution in [1.82, 2.24) is 9.97 Å². The molecule has 0 aliphatic carbocycles. The van der Waals surface area contributed by atoms with E-state index in [1.54, 1.807) is 12.4 Å². The molecule has 0 amide bonds. The Morgan fingerprint density at radius 3 is 1.71 bits per heavy atom. The van der Waals surface area contributed by atoms with Crippen molar-refractivity contribution in [2.75, 3.05) is 13.2 Å². The average Bonchev–Trinajstić information content (AvgIpc) is 2.98. The minimum atomic E-state index is 0.321. The maximum atomic E-state index is 6.23. The summed E-state index contributed by atoms with van der Waals surface area (Å²) in [5.74, 6) is 1.61. The highest BCUT2D eigenvalue weighted by molar-refractivity contribution is 5.83. The van der Waals surface area contributed by atoms with Gasteiger partial charge in [-0.15, -0.1) is 0 Å². The molecule has 5 aromatic rings. The van der Waals surface area contributed by atoms with Gasteiger partial charge in [0.1, 0.15) is 18.1 Å². The maximum absolute atomic E-state index is 6.23. The van der Waals surface area contributed by atoms with E-state index in [-0.39, 0.29) is 0 Å². The number of benzene rings is 3. The van der Waals surface area contributed by atoms with Crippen LogP contribution in [-0.2, 0) is 4.74 Å². The summed E-state index contributed by atoms with van der Waals surface area (Å²) in [4.78, 5) is 8.52. The summed E-state index contributed by atoms with van der Waals surface area (Å²) in [5.41, 5.74) is 8.67. The Bertz CT molecular complexity index is 1410. The van der Waals surface area contributed by atoms with Gasteiger partial charge in [-0.2, -0.15) is 0 Å². The first-order valence-electron chi connectivity index (χ1n) is 12.8. The van der Waals surface area contributed by atoms with E-state index in [4.69, 9.17) is 9.47 Å². The Kier molecular flexibility index (Phi) is 7.90. The molecule has 4 heteroatoms. The van der Waals surface area contributed by atoms with Crippen LogP contribution in [0.4, 0.5) is 0 Å². The van der Waals surface area contributed by atoms with Crippen molar-refractivity contribution in [2.45, 2.75) is 13.8 Å². The first-order valence-corrected chi connectivity index (χ1v) is 12.8. The number of pyridine rings is 2. The van der Waals surface area contributed by atoms with Gasteiger partial charge in [0.25, 0.3) is 0 Å². The number of rotatable bonds is 9. The number of nitrogens with zero attached hydrogens (tertiary/aromatic N) is 2. The Morgan fingerprint density at radius 1 is 0.658 bits per heavy atom. The van der Waals surface area contributed by atoms with Crippen molar-refractivity contribution in [1.29, 1.82) is 0 Å². The number of hydrogen-bond acceptors (Lipinski definition) is 4. The lowest BCUT2D eigenvalue weighted by Gasteiger charge is -2.18. The minimum Gasteiger partial charge on any atom is -0.494 e. The van der Waals surface area contributed by atoms with Crippen LogP contribution in [-0.4, -0.2) is 23.2 Å². The lowest BCUT2D eigenvalue weighted by molar-refractivity contribution is 0.182. The predicted octanol–water partition coefficient (Wildman–Crippen LogP) is 7.99. The molecule has 0 bridgehead atoms. The summed E-state index contributed by atoms with van der Waals surface area (Å²) >= 11 is 0. The van der Waals surface area contributed by atoms with E-state index >= 15 is 0 Å². The lowest BCUT2D eigenvalue weighted by Crippen LogP contribution is -2.09. The average molecular weight is 499 g/mol. The zero-order valence-electron chi connectivity index (χ0n) is 21.7. The zero-order chi connectivity index (χ0) is 26.2. The monoisotopic (exact) mass is 498 g/mol. The SMILES string of the molecule is CCOC(COc1cccc(C)c1)=C(c1ccc(-c2cccnc2)cc1)c1ccc(-c2cccnc2)cc1. The van der Waals surface area contributed by atoms with Crippen LogP contribution in [0.1, 0.15) is 23.6 Å². The molecule has 38 heavy (non-hydrogen) atoms. The Balaban J connectivity index is 1.55. The maximum Gasteiger partial charge on any atom is 0.146 e. The van der Waals surface area contributed by atoms with Crippen molar-refractivity contribution < 1.29 is 9.47 Å². The third-order valence-corrected chi connectivity index (χ3v) is 6.29. The standard InChI is InChI=1S/C34H30N2O2/c1-3-37-33(24-38-32-10-4-7-25(2)21-32)34(28-15-11-26(12-16-28)30-8-5-19-35-22-30)29-17-13-27(14-18-29)31-9-6-20-36-23-31/h4-23H,3,24H2,1-2H3. The molecule has 0 fully saturated rings. The summed E-state index contributed by atoms with van der Waals surface area (Å²) in [6.45, 7) is 4.92. The molecule has 0 saturated heterocycles. The van der Waals surface area contributed by atoms with E-state index < -0.39 is 0 Å². The molecule has 0 N–H and O–H groups in total. The van der Waals surface area contributed by atoms with Crippen LogP contribution in [0, 0.1) is 6.92 Å². The molecule has 4 nitrogen and oxygen atoms in total. The fourth-order valence-electron chi connectivity index (χ4n) is 4.43. The number of aryl methyl sites for hydroxylation is 1. The van der Waals surface area contributed by atoms with Crippen LogP contribution in [0.3, 0.4) is 0 Å². The normalized spacial score (nSPS) is 10.6. The van der Waals surface area contributed by atoms with Crippen LogP contribution in [0.2, 0.25) is 0 Å². The Hall–Kier alpha value is -4.70. The van der Waals surface area contributed by atoms with Gasteiger partial charge in [-0.1, -0.05) is 72.8 Å². The van der Waals surface area contributed by atoms with Crippen LogP contribution in [0.25, 0.3) is 27.8 Å². The number of aromatic nitrogens is 2. The summed E-state index contributed by atoms with van der Waals surface area (Å²) < 4.78 is 12.4. The van der Waals surface area contributed by atoms with E-state index in [1.165, 1.54) is 0 Å². The van der Waals surface area contributed by atoms with Crippen molar-refractivity contribution in [3.05, 3.63) is 144 Å². The summed E-state index contributed by atoms with van der Waals surface area (Å²) in [6, 6.07) is 33.2. The molecule has 5 rings (SSSR count). The van der Waals surface area contributed by atoms with E-state index in [9.17, 15) is 0 Å². The molecule has 0 atom stereocenters. The van der Waals surface area contributed by atoms with Crippen LogP contribution < -0.4 is 4.74 Å². The third-order valence-electron chi connectivity index (χ3n) is 6.29. The predicted molar refractivity (Wildman–Crippen MR) is 154 cm³/mol. The fourth-order valence-corrected chi connectivity index (χ4v) is 4.43. The fraction of sp³-hybridized carbons (Fsp3) is 0.118. The van der Waals surface area contributed by atoms with E-state index in [0.717, 1.165) is 56.0 Å². The van der Waals surface area contributed by atoms with E-state index in [2.05, 4.69) is 83.6 Å². The smallest absolute Gasteiger partial charge is 0.146 e. The van der Waals surface area contributed by atoms with Crippen LogP contribution in [0.15, 0.2) is 128 Å². The zero-order valence-corrected chi connectivity index (χ0v) is 21.7. The van der Waals surface area contributed by atoms with E-state index in [0.29, 0.717) is 13.2 Å². The minimum absolute atomic E-state index is 0.321. The lowest BCUT2D eigenvalue weighted by atomic mass is 9.93. The van der Waals surface area contributed by atoms with Gasteiger partial charge >= 0.3 is 0 Å². The van der Waals surface area contributed by atoms with Gasteiger partial charge in [-0.25, -0.2) is 0 Å².